The first kappa shape index (κ1) is 20.5. The lowest BCUT2D eigenvalue weighted by molar-refractivity contribution is -0.137. The Morgan fingerprint density at radius 3 is 2.24 bits per heavy atom. The third-order valence-corrected chi connectivity index (χ3v) is 7.29. The zero-order chi connectivity index (χ0) is 20.8. The monoisotopic (exact) mass is 427 g/mol. The first-order valence-electron chi connectivity index (χ1n) is 9.87. The summed E-state index contributed by atoms with van der Waals surface area (Å²) in [5.41, 5.74) is 5.81. The topological polar surface area (TPSA) is 66.6 Å². The van der Waals surface area contributed by atoms with Gasteiger partial charge < -0.3 is 15.5 Å². The molecule has 5 nitrogen and oxygen atoms in total. The Kier molecular flexibility index (Phi) is 5.54. The van der Waals surface area contributed by atoms with Crippen LogP contribution in [0.2, 0.25) is 0 Å². The van der Waals surface area contributed by atoms with Gasteiger partial charge in [0, 0.05) is 29.9 Å². The van der Waals surface area contributed by atoms with Gasteiger partial charge in [-0.05, 0) is 55.9 Å². The highest BCUT2D eigenvalue weighted by atomic mass is 32.2. The van der Waals surface area contributed by atoms with E-state index in [9.17, 15) is 22.8 Å². The number of rotatable bonds is 3. The van der Waals surface area contributed by atoms with E-state index in [1.165, 1.54) is 12.1 Å². The van der Waals surface area contributed by atoms with Crippen LogP contribution in [0.1, 0.15) is 41.6 Å². The van der Waals surface area contributed by atoms with Crippen LogP contribution in [0, 0.1) is 5.92 Å². The summed E-state index contributed by atoms with van der Waals surface area (Å²) < 4.78 is 38.3. The highest BCUT2D eigenvalue weighted by molar-refractivity contribution is 7.99. The fourth-order valence-electron chi connectivity index (χ4n) is 4.80. The van der Waals surface area contributed by atoms with Crippen molar-refractivity contribution in [3.8, 4) is 0 Å². The van der Waals surface area contributed by atoms with Crippen molar-refractivity contribution in [2.24, 2.45) is 11.7 Å². The molecular formula is C20H24F3N3O2S. The van der Waals surface area contributed by atoms with Crippen LogP contribution in [0.5, 0.6) is 0 Å². The molecule has 2 amide bonds. The molecule has 2 bridgehead atoms. The zero-order valence-corrected chi connectivity index (χ0v) is 16.7. The van der Waals surface area contributed by atoms with Crippen LogP contribution < -0.4 is 5.73 Å². The SMILES string of the molecule is NC(C(=O)N1CCSC1)C1CC2CCC(C1)N2C(=O)c1ccc(C(F)(F)F)cc1. The lowest BCUT2D eigenvalue weighted by atomic mass is 9.84. The lowest BCUT2D eigenvalue weighted by Crippen LogP contribution is -2.54. The van der Waals surface area contributed by atoms with Gasteiger partial charge in [-0.25, -0.2) is 0 Å². The molecule has 3 aliphatic heterocycles. The Bertz CT molecular complexity index is 766. The number of carbonyl (C=O) groups is 2. The molecule has 9 heteroatoms. The number of carbonyl (C=O) groups excluding carboxylic acids is 2. The Balaban J connectivity index is 1.44. The van der Waals surface area contributed by atoms with Gasteiger partial charge in [0.2, 0.25) is 5.91 Å². The van der Waals surface area contributed by atoms with E-state index in [1.807, 2.05) is 4.90 Å². The number of nitrogens with two attached hydrogens (primary N) is 1. The van der Waals surface area contributed by atoms with Crippen LogP contribution in [0.4, 0.5) is 13.2 Å². The summed E-state index contributed by atoms with van der Waals surface area (Å²) in [7, 11) is 0. The highest BCUT2D eigenvalue weighted by Crippen LogP contribution is 2.41. The van der Waals surface area contributed by atoms with Crippen molar-refractivity contribution in [1.82, 2.24) is 9.80 Å². The van der Waals surface area contributed by atoms with Crippen molar-refractivity contribution in [3.63, 3.8) is 0 Å². The van der Waals surface area contributed by atoms with Gasteiger partial charge in [0.15, 0.2) is 0 Å². The molecule has 1 aromatic carbocycles. The second kappa shape index (κ2) is 7.83. The third-order valence-electron chi connectivity index (χ3n) is 6.32. The predicted octanol–water partition coefficient (Wildman–Crippen LogP) is 2.95. The maximum absolute atomic E-state index is 13.0. The van der Waals surface area contributed by atoms with Crippen molar-refractivity contribution < 1.29 is 22.8 Å². The van der Waals surface area contributed by atoms with Crippen LogP contribution in [-0.4, -0.2) is 57.9 Å². The number of fused-ring (bicyclic) bond motifs is 2. The summed E-state index contributed by atoms with van der Waals surface area (Å²) in [4.78, 5) is 29.2. The molecule has 0 aliphatic carbocycles. The quantitative estimate of drug-likeness (QED) is 0.806. The van der Waals surface area contributed by atoms with Gasteiger partial charge >= 0.3 is 6.18 Å². The molecular weight excluding hydrogens is 403 g/mol. The summed E-state index contributed by atoms with van der Waals surface area (Å²) in [5, 5.41) is 0. The van der Waals surface area contributed by atoms with Crippen molar-refractivity contribution in [2.75, 3.05) is 18.2 Å². The summed E-state index contributed by atoms with van der Waals surface area (Å²) in [6.07, 6.45) is -1.41. The number of benzene rings is 1. The van der Waals surface area contributed by atoms with E-state index in [-0.39, 0.29) is 35.4 Å². The van der Waals surface area contributed by atoms with Gasteiger partial charge in [-0.2, -0.15) is 13.2 Å². The normalized spacial score (nSPS) is 27.9. The molecule has 3 unspecified atom stereocenters. The molecule has 1 aromatic rings. The summed E-state index contributed by atoms with van der Waals surface area (Å²) in [6, 6.07) is 3.81. The fourth-order valence-corrected chi connectivity index (χ4v) is 5.75. The summed E-state index contributed by atoms with van der Waals surface area (Å²) in [6.45, 7) is 0.731. The molecule has 0 saturated carbocycles. The summed E-state index contributed by atoms with van der Waals surface area (Å²) in [5.74, 6) is 1.40. The van der Waals surface area contributed by atoms with Crippen LogP contribution in [0.3, 0.4) is 0 Å². The fraction of sp³-hybridized carbons (Fsp3) is 0.600. The molecule has 0 spiro atoms. The minimum absolute atomic E-state index is 0.0121. The Morgan fingerprint density at radius 1 is 1.10 bits per heavy atom. The van der Waals surface area contributed by atoms with Gasteiger partial charge in [-0.3, -0.25) is 9.59 Å². The van der Waals surface area contributed by atoms with Crippen LogP contribution >= 0.6 is 11.8 Å². The smallest absolute Gasteiger partial charge is 0.333 e. The van der Waals surface area contributed by atoms with E-state index in [0.717, 1.165) is 37.3 Å². The van der Waals surface area contributed by atoms with Gasteiger partial charge in [-0.1, -0.05) is 0 Å². The number of piperidine rings is 1. The van der Waals surface area contributed by atoms with Crippen LogP contribution in [-0.2, 0) is 11.0 Å². The van der Waals surface area contributed by atoms with Gasteiger partial charge in [0.25, 0.3) is 5.91 Å². The average molecular weight is 427 g/mol. The molecule has 3 aliphatic rings. The van der Waals surface area contributed by atoms with Crippen molar-refractivity contribution in [3.05, 3.63) is 35.4 Å². The number of thioether (sulfide) groups is 1. The third kappa shape index (κ3) is 3.99. The van der Waals surface area contributed by atoms with Gasteiger partial charge in [0.05, 0.1) is 17.5 Å². The standard InChI is InChI=1S/C20H24F3N3O2S/c21-20(22,23)14-3-1-12(2-4-14)18(27)26-15-5-6-16(26)10-13(9-15)17(24)19(28)25-7-8-29-11-25/h1-4,13,15-17H,5-11,24H2. The number of hydrogen-bond donors (Lipinski definition) is 1. The van der Waals surface area contributed by atoms with E-state index in [0.29, 0.717) is 18.7 Å². The second-order valence-corrected chi connectivity index (χ2v) is 9.14. The maximum Gasteiger partial charge on any atom is 0.416 e. The second-order valence-electron chi connectivity index (χ2n) is 8.07. The predicted molar refractivity (Wildman–Crippen MR) is 104 cm³/mol. The molecule has 3 heterocycles. The molecule has 29 heavy (non-hydrogen) atoms. The Hall–Kier alpha value is -1.74. The molecule has 0 aromatic heterocycles. The molecule has 0 radical (unpaired) electrons. The van der Waals surface area contributed by atoms with E-state index in [4.69, 9.17) is 5.73 Å². The molecule has 3 atom stereocenters. The zero-order valence-electron chi connectivity index (χ0n) is 15.9. The summed E-state index contributed by atoms with van der Waals surface area (Å²) >= 11 is 1.72. The lowest BCUT2D eigenvalue weighted by Gasteiger charge is -2.41. The minimum atomic E-state index is -4.42. The molecule has 3 saturated heterocycles. The minimum Gasteiger partial charge on any atom is -0.333 e. The maximum atomic E-state index is 13.0. The Labute approximate surface area is 171 Å². The number of nitrogens with zero attached hydrogens (tertiary/aromatic N) is 2. The van der Waals surface area contributed by atoms with E-state index >= 15 is 0 Å². The van der Waals surface area contributed by atoms with Gasteiger partial charge in [-0.15, -0.1) is 11.8 Å². The Morgan fingerprint density at radius 2 is 1.72 bits per heavy atom. The van der Waals surface area contributed by atoms with Crippen LogP contribution in [0.25, 0.3) is 0 Å². The first-order valence-corrected chi connectivity index (χ1v) is 11.0. The molecule has 158 valence electrons. The molecule has 3 fully saturated rings. The highest BCUT2D eigenvalue weighted by Gasteiger charge is 2.46. The number of amides is 2. The molecule has 4 rings (SSSR count). The average Bonchev–Trinajstić information content (AvgIpc) is 3.32. The van der Waals surface area contributed by atoms with Crippen LogP contribution in [0.15, 0.2) is 24.3 Å². The van der Waals surface area contributed by atoms with E-state index < -0.39 is 17.8 Å². The van der Waals surface area contributed by atoms with E-state index in [2.05, 4.69) is 0 Å². The number of alkyl halides is 3. The molecule has 2 N–H and O–H groups in total. The van der Waals surface area contributed by atoms with Gasteiger partial charge in [0.1, 0.15) is 0 Å². The van der Waals surface area contributed by atoms with E-state index in [1.54, 1.807) is 16.7 Å². The number of hydrogen-bond acceptors (Lipinski definition) is 4. The first-order chi connectivity index (χ1) is 13.8. The van der Waals surface area contributed by atoms with Crippen molar-refractivity contribution in [1.29, 1.82) is 0 Å². The van der Waals surface area contributed by atoms with Crippen molar-refractivity contribution in [2.45, 2.75) is 50.0 Å². The van der Waals surface area contributed by atoms with Crippen molar-refractivity contribution >= 4 is 23.6 Å². The largest absolute Gasteiger partial charge is 0.416 e. The number of halogens is 3.